The van der Waals surface area contributed by atoms with Gasteiger partial charge in [-0.1, -0.05) is 32.9 Å². The lowest BCUT2D eigenvalue weighted by atomic mass is 9.87. The van der Waals surface area contributed by atoms with Gasteiger partial charge in [0.2, 0.25) is 0 Å². The van der Waals surface area contributed by atoms with E-state index in [1.165, 1.54) is 5.56 Å². The topological polar surface area (TPSA) is 57.3 Å². The van der Waals surface area contributed by atoms with Gasteiger partial charge in [-0.25, -0.2) is 4.98 Å². The highest BCUT2D eigenvalue weighted by Crippen LogP contribution is 2.22. The largest absolute Gasteiger partial charge is 0.369 e. The van der Waals surface area contributed by atoms with Crippen LogP contribution in [0, 0.1) is 0 Å². The maximum Gasteiger partial charge on any atom is 0.255 e. The summed E-state index contributed by atoms with van der Waals surface area (Å²) < 4.78 is 0. The second kappa shape index (κ2) is 8.12. The van der Waals surface area contributed by atoms with Gasteiger partial charge in [-0.15, -0.1) is 0 Å². The van der Waals surface area contributed by atoms with Crippen molar-refractivity contribution in [2.45, 2.75) is 26.2 Å². The molecule has 0 aliphatic heterocycles. The van der Waals surface area contributed by atoms with Crippen molar-refractivity contribution in [3.8, 4) is 0 Å². The van der Waals surface area contributed by atoms with E-state index < -0.39 is 0 Å². The molecule has 0 bridgehead atoms. The SMILES string of the molecule is CN(C)CCNc1ccc(NC(=O)c2ccc(C(C)(C)C)cc2)cn1. The van der Waals surface area contributed by atoms with Gasteiger partial charge in [0.1, 0.15) is 5.82 Å². The number of anilines is 2. The molecule has 5 heteroatoms. The monoisotopic (exact) mass is 340 g/mol. The van der Waals surface area contributed by atoms with Gasteiger partial charge in [0.25, 0.3) is 5.91 Å². The van der Waals surface area contributed by atoms with Crippen LogP contribution >= 0.6 is 0 Å². The first-order valence-corrected chi connectivity index (χ1v) is 8.52. The zero-order chi connectivity index (χ0) is 18.4. The first kappa shape index (κ1) is 18.9. The van der Waals surface area contributed by atoms with E-state index in [9.17, 15) is 4.79 Å². The molecule has 134 valence electrons. The minimum Gasteiger partial charge on any atom is -0.369 e. The quantitative estimate of drug-likeness (QED) is 0.843. The number of carbonyl (C=O) groups excluding carboxylic acids is 1. The zero-order valence-corrected chi connectivity index (χ0v) is 15.8. The number of rotatable bonds is 6. The van der Waals surface area contributed by atoms with Gasteiger partial charge in [-0.05, 0) is 49.3 Å². The van der Waals surface area contributed by atoms with E-state index in [0.717, 1.165) is 18.9 Å². The third-order valence-electron chi connectivity index (χ3n) is 3.90. The Balaban J connectivity index is 1.94. The lowest BCUT2D eigenvalue weighted by molar-refractivity contribution is 0.102. The summed E-state index contributed by atoms with van der Waals surface area (Å²) in [4.78, 5) is 18.8. The van der Waals surface area contributed by atoms with Gasteiger partial charge < -0.3 is 15.5 Å². The Labute approximate surface area is 150 Å². The van der Waals surface area contributed by atoms with Crippen LogP contribution in [0.15, 0.2) is 42.6 Å². The van der Waals surface area contributed by atoms with Crippen LogP contribution in [0.1, 0.15) is 36.7 Å². The van der Waals surface area contributed by atoms with Gasteiger partial charge in [0.15, 0.2) is 0 Å². The van der Waals surface area contributed by atoms with Gasteiger partial charge in [-0.2, -0.15) is 0 Å². The highest BCUT2D eigenvalue weighted by atomic mass is 16.1. The van der Waals surface area contributed by atoms with Crippen molar-refractivity contribution in [3.05, 3.63) is 53.7 Å². The third-order valence-corrected chi connectivity index (χ3v) is 3.90. The van der Waals surface area contributed by atoms with E-state index >= 15 is 0 Å². The normalized spacial score (nSPS) is 11.4. The molecule has 1 heterocycles. The number of aromatic nitrogens is 1. The Morgan fingerprint density at radius 1 is 1.08 bits per heavy atom. The molecule has 0 saturated heterocycles. The summed E-state index contributed by atoms with van der Waals surface area (Å²) >= 11 is 0. The molecule has 0 unspecified atom stereocenters. The highest BCUT2D eigenvalue weighted by molar-refractivity contribution is 6.04. The molecule has 1 aromatic carbocycles. The molecule has 0 spiro atoms. The second-order valence-electron chi connectivity index (χ2n) is 7.44. The molecular formula is C20H28N4O. The van der Waals surface area contributed by atoms with Crippen molar-refractivity contribution in [1.29, 1.82) is 0 Å². The summed E-state index contributed by atoms with van der Waals surface area (Å²) in [5, 5.41) is 6.12. The molecule has 1 aromatic heterocycles. The maximum absolute atomic E-state index is 12.3. The first-order valence-electron chi connectivity index (χ1n) is 8.52. The van der Waals surface area contributed by atoms with Gasteiger partial charge in [0.05, 0.1) is 11.9 Å². The van der Waals surface area contributed by atoms with E-state index in [1.54, 1.807) is 6.20 Å². The Kier molecular flexibility index (Phi) is 6.15. The van der Waals surface area contributed by atoms with E-state index in [1.807, 2.05) is 50.5 Å². The molecule has 2 rings (SSSR count). The maximum atomic E-state index is 12.3. The smallest absolute Gasteiger partial charge is 0.255 e. The van der Waals surface area contributed by atoms with Crippen LogP contribution in [0.4, 0.5) is 11.5 Å². The van der Waals surface area contributed by atoms with Crippen LogP contribution in [-0.2, 0) is 5.41 Å². The summed E-state index contributed by atoms with van der Waals surface area (Å²) in [6, 6.07) is 11.5. The molecule has 5 nitrogen and oxygen atoms in total. The lowest BCUT2D eigenvalue weighted by Gasteiger charge is -2.19. The predicted molar refractivity (Wildman–Crippen MR) is 104 cm³/mol. The minimum atomic E-state index is -0.129. The first-order chi connectivity index (χ1) is 11.8. The molecule has 0 radical (unpaired) electrons. The molecule has 0 saturated carbocycles. The lowest BCUT2D eigenvalue weighted by Crippen LogP contribution is -2.21. The zero-order valence-electron chi connectivity index (χ0n) is 15.8. The fourth-order valence-corrected chi connectivity index (χ4v) is 2.30. The van der Waals surface area contributed by atoms with Crippen molar-refractivity contribution in [1.82, 2.24) is 9.88 Å². The summed E-state index contributed by atoms with van der Waals surface area (Å²) in [7, 11) is 4.06. The molecule has 1 amide bonds. The average molecular weight is 340 g/mol. The van der Waals surface area contributed by atoms with Crippen molar-refractivity contribution in [3.63, 3.8) is 0 Å². The summed E-state index contributed by atoms with van der Waals surface area (Å²) in [5.74, 6) is 0.671. The number of carbonyl (C=O) groups is 1. The third kappa shape index (κ3) is 5.87. The fourth-order valence-electron chi connectivity index (χ4n) is 2.30. The Morgan fingerprint density at radius 2 is 1.76 bits per heavy atom. The summed E-state index contributed by atoms with van der Waals surface area (Å²) in [6.45, 7) is 8.22. The van der Waals surface area contributed by atoms with Crippen molar-refractivity contribution in [2.75, 3.05) is 37.8 Å². The Morgan fingerprint density at radius 3 is 2.28 bits per heavy atom. The molecular weight excluding hydrogens is 312 g/mol. The van der Waals surface area contributed by atoms with Crippen LogP contribution in [0.5, 0.6) is 0 Å². The number of amides is 1. The molecule has 2 aromatic rings. The molecule has 2 N–H and O–H groups in total. The average Bonchev–Trinajstić information content (AvgIpc) is 2.55. The molecule has 0 aliphatic rings. The van der Waals surface area contributed by atoms with Crippen molar-refractivity contribution in [2.24, 2.45) is 0 Å². The number of hydrogen-bond donors (Lipinski definition) is 2. The van der Waals surface area contributed by atoms with Crippen LogP contribution in [0.25, 0.3) is 0 Å². The van der Waals surface area contributed by atoms with E-state index in [2.05, 4.69) is 41.3 Å². The predicted octanol–water partition coefficient (Wildman–Crippen LogP) is 3.60. The van der Waals surface area contributed by atoms with E-state index in [4.69, 9.17) is 0 Å². The minimum absolute atomic E-state index is 0.0777. The fraction of sp³-hybridized carbons (Fsp3) is 0.400. The number of pyridine rings is 1. The van der Waals surface area contributed by atoms with Gasteiger partial charge in [0, 0.05) is 18.7 Å². The second-order valence-corrected chi connectivity index (χ2v) is 7.44. The summed E-state index contributed by atoms with van der Waals surface area (Å²) in [5.41, 5.74) is 2.61. The van der Waals surface area contributed by atoms with Crippen LogP contribution in [-0.4, -0.2) is 43.0 Å². The number of nitrogens with zero attached hydrogens (tertiary/aromatic N) is 2. The summed E-state index contributed by atoms with van der Waals surface area (Å²) in [6.07, 6.45) is 1.67. The van der Waals surface area contributed by atoms with Crippen LogP contribution < -0.4 is 10.6 Å². The number of benzene rings is 1. The molecule has 0 aliphatic carbocycles. The number of hydrogen-bond acceptors (Lipinski definition) is 4. The Hall–Kier alpha value is -2.40. The number of likely N-dealkylation sites (N-methyl/N-ethyl adjacent to an activating group) is 1. The Bertz CT molecular complexity index is 685. The molecule has 0 fully saturated rings. The molecule has 25 heavy (non-hydrogen) atoms. The van der Waals surface area contributed by atoms with E-state index in [-0.39, 0.29) is 11.3 Å². The number of nitrogens with one attached hydrogen (secondary N) is 2. The van der Waals surface area contributed by atoms with Crippen molar-refractivity contribution < 1.29 is 4.79 Å². The van der Waals surface area contributed by atoms with Gasteiger partial charge >= 0.3 is 0 Å². The highest BCUT2D eigenvalue weighted by Gasteiger charge is 2.14. The van der Waals surface area contributed by atoms with Crippen LogP contribution in [0.3, 0.4) is 0 Å². The molecule has 0 atom stereocenters. The standard InChI is InChI=1S/C20H28N4O/c1-20(2,3)16-8-6-15(7-9-16)19(25)23-17-10-11-18(22-14-17)21-12-13-24(4)5/h6-11,14H,12-13H2,1-5H3,(H,21,22)(H,23,25). The van der Waals surface area contributed by atoms with Crippen molar-refractivity contribution >= 4 is 17.4 Å². The van der Waals surface area contributed by atoms with Crippen LogP contribution in [0.2, 0.25) is 0 Å². The van der Waals surface area contributed by atoms with E-state index in [0.29, 0.717) is 11.3 Å². The van der Waals surface area contributed by atoms with Gasteiger partial charge in [-0.3, -0.25) is 4.79 Å².